The number of methoxy groups -OCH3 is 1. The van der Waals surface area contributed by atoms with Gasteiger partial charge in [-0.1, -0.05) is 55.3 Å². The highest BCUT2D eigenvalue weighted by molar-refractivity contribution is 6.00. The lowest BCUT2D eigenvalue weighted by Crippen LogP contribution is -2.32. The lowest BCUT2D eigenvalue weighted by Gasteiger charge is -2.11. The van der Waals surface area contributed by atoms with E-state index in [9.17, 15) is 4.79 Å². The third-order valence-corrected chi connectivity index (χ3v) is 5.23. The van der Waals surface area contributed by atoms with Crippen molar-refractivity contribution in [2.24, 2.45) is 0 Å². The second-order valence-corrected chi connectivity index (χ2v) is 7.26. The summed E-state index contributed by atoms with van der Waals surface area (Å²) in [6, 6.07) is 18.1. The summed E-state index contributed by atoms with van der Waals surface area (Å²) in [5.74, 6) is 0.696. The Hall–Kier alpha value is -3.08. The molecule has 0 radical (unpaired) electrons. The molecule has 0 saturated heterocycles. The van der Waals surface area contributed by atoms with Crippen molar-refractivity contribution in [1.29, 1.82) is 0 Å². The number of benzene rings is 2. The summed E-state index contributed by atoms with van der Waals surface area (Å²) in [7, 11) is 1.64. The second kappa shape index (κ2) is 8.30. The van der Waals surface area contributed by atoms with Crippen LogP contribution in [-0.4, -0.2) is 28.8 Å². The van der Waals surface area contributed by atoms with Crippen LogP contribution in [0.25, 0.3) is 11.3 Å². The molecule has 1 aromatic heterocycles. The van der Waals surface area contributed by atoms with Crippen LogP contribution in [0.5, 0.6) is 5.75 Å². The predicted octanol–water partition coefficient (Wildman–Crippen LogP) is 4.28. The molecule has 0 atom stereocenters. The molecule has 1 fully saturated rings. The standard InChI is InChI=1S/C23H25N3O2/c1-28-20-13-7-10-18(14-20)22-21(23(27)24-19-11-5-6-12-19)16-26(25-22)15-17-8-3-2-4-9-17/h2-4,7-10,13-14,16,19H,5-6,11-12,15H2,1H3,(H,24,27). The van der Waals surface area contributed by atoms with Crippen molar-refractivity contribution in [1.82, 2.24) is 15.1 Å². The Kier molecular flexibility index (Phi) is 5.42. The van der Waals surface area contributed by atoms with Crippen LogP contribution >= 0.6 is 0 Å². The SMILES string of the molecule is COc1cccc(-c2nn(Cc3ccccc3)cc2C(=O)NC2CCCC2)c1. The fourth-order valence-corrected chi connectivity index (χ4v) is 3.76. The Morgan fingerprint density at radius 2 is 1.93 bits per heavy atom. The lowest BCUT2D eigenvalue weighted by molar-refractivity contribution is 0.0938. The number of nitrogens with one attached hydrogen (secondary N) is 1. The zero-order valence-electron chi connectivity index (χ0n) is 16.1. The quantitative estimate of drug-likeness (QED) is 0.700. The Morgan fingerprint density at radius 1 is 1.14 bits per heavy atom. The summed E-state index contributed by atoms with van der Waals surface area (Å²) in [6.45, 7) is 0.620. The number of ether oxygens (including phenoxy) is 1. The number of carbonyl (C=O) groups is 1. The normalized spacial score (nSPS) is 14.2. The molecule has 1 aliphatic carbocycles. The van der Waals surface area contributed by atoms with Crippen LogP contribution in [0.3, 0.4) is 0 Å². The second-order valence-electron chi connectivity index (χ2n) is 7.26. The summed E-state index contributed by atoms with van der Waals surface area (Å²) in [5.41, 5.74) is 3.31. The van der Waals surface area contributed by atoms with E-state index in [1.54, 1.807) is 7.11 Å². The fraction of sp³-hybridized carbons (Fsp3) is 0.304. The highest BCUT2D eigenvalue weighted by atomic mass is 16.5. The van der Waals surface area contributed by atoms with Crippen LogP contribution in [0.1, 0.15) is 41.6 Å². The number of hydrogen-bond acceptors (Lipinski definition) is 3. The van der Waals surface area contributed by atoms with E-state index >= 15 is 0 Å². The van der Waals surface area contributed by atoms with Gasteiger partial charge in [-0.3, -0.25) is 9.48 Å². The van der Waals surface area contributed by atoms with Gasteiger partial charge in [0.2, 0.25) is 0 Å². The Labute approximate surface area is 165 Å². The topological polar surface area (TPSA) is 56.2 Å². The van der Waals surface area contributed by atoms with Crippen LogP contribution in [0, 0.1) is 0 Å². The summed E-state index contributed by atoms with van der Waals surface area (Å²) in [6.07, 6.45) is 6.32. The monoisotopic (exact) mass is 375 g/mol. The van der Waals surface area contributed by atoms with E-state index in [1.165, 1.54) is 12.8 Å². The first-order valence-corrected chi connectivity index (χ1v) is 9.79. The van der Waals surface area contributed by atoms with Crippen LogP contribution in [0.15, 0.2) is 60.8 Å². The third-order valence-electron chi connectivity index (χ3n) is 5.23. The number of rotatable bonds is 6. The van der Waals surface area contributed by atoms with Gasteiger partial charge in [0.15, 0.2) is 0 Å². The molecule has 0 aliphatic heterocycles. The van der Waals surface area contributed by atoms with Gasteiger partial charge in [-0.2, -0.15) is 5.10 Å². The first-order valence-electron chi connectivity index (χ1n) is 9.79. The Bertz CT molecular complexity index is 943. The summed E-state index contributed by atoms with van der Waals surface area (Å²) < 4.78 is 7.19. The van der Waals surface area contributed by atoms with Crippen LogP contribution in [0.4, 0.5) is 0 Å². The van der Waals surface area contributed by atoms with Crippen molar-refractivity contribution in [3.05, 3.63) is 71.9 Å². The molecule has 0 unspecified atom stereocenters. The van der Waals surface area contributed by atoms with Gasteiger partial charge in [0, 0.05) is 17.8 Å². The van der Waals surface area contributed by atoms with E-state index in [4.69, 9.17) is 9.84 Å². The van der Waals surface area contributed by atoms with Crippen molar-refractivity contribution in [3.63, 3.8) is 0 Å². The molecule has 1 aliphatic rings. The van der Waals surface area contributed by atoms with Crippen molar-refractivity contribution in [3.8, 4) is 17.0 Å². The van der Waals surface area contributed by atoms with Crippen LogP contribution in [0.2, 0.25) is 0 Å². The van der Waals surface area contributed by atoms with Gasteiger partial charge < -0.3 is 10.1 Å². The van der Waals surface area contributed by atoms with E-state index in [2.05, 4.69) is 17.4 Å². The minimum Gasteiger partial charge on any atom is -0.497 e. The Morgan fingerprint density at radius 3 is 2.68 bits per heavy atom. The molecular formula is C23H25N3O2. The highest BCUT2D eigenvalue weighted by Gasteiger charge is 2.23. The minimum atomic E-state index is -0.0518. The first-order chi connectivity index (χ1) is 13.7. The minimum absolute atomic E-state index is 0.0518. The number of hydrogen-bond donors (Lipinski definition) is 1. The Balaban J connectivity index is 1.67. The maximum absolute atomic E-state index is 13.0. The predicted molar refractivity (Wildman–Crippen MR) is 109 cm³/mol. The van der Waals surface area contributed by atoms with Gasteiger partial charge in [-0.05, 0) is 30.5 Å². The maximum atomic E-state index is 13.0. The van der Waals surface area contributed by atoms with Gasteiger partial charge in [0.05, 0.1) is 19.2 Å². The average molecular weight is 375 g/mol. The van der Waals surface area contributed by atoms with Gasteiger partial charge in [0.25, 0.3) is 5.91 Å². The largest absolute Gasteiger partial charge is 0.497 e. The summed E-state index contributed by atoms with van der Waals surface area (Å²) in [5, 5.41) is 7.93. The number of aromatic nitrogens is 2. The molecule has 4 rings (SSSR count). The summed E-state index contributed by atoms with van der Waals surface area (Å²) >= 11 is 0. The third kappa shape index (κ3) is 4.09. The van der Waals surface area contributed by atoms with E-state index in [0.717, 1.165) is 29.7 Å². The smallest absolute Gasteiger partial charge is 0.255 e. The molecule has 0 spiro atoms. The van der Waals surface area contributed by atoms with E-state index < -0.39 is 0 Å². The summed E-state index contributed by atoms with van der Waals surface area (Å²) in [4.78, 5) is 13.0. The number of carbonyl (C=O) groups excluding carboxylic acids is 1. The molecule has 1 heterocycles. The molecular weight excluding hydrogens is 350 g/mol. The fourth-order valence-electron chi connectivity index (χ4n) is 3.76. The van der Waals surface area contributed by atoms with Gasteiger partial charge in [-0.25, -0.2) is 0 Å². The van der Waals surface area contributed by atoms with Crippen molar-refractivity contribution >= 4 is 5.91 Å². The van der Waals surface area contributed by atoms with Crippen molar-refractivity contribution in [2.45, 2.75) is 38.3 Å². The average Bonchev–Trinajstić information content (AvgIpc) is 3.39. The molecule has 1 amide bonds. The van der Waals surface area contributed by atoms with Crippen molar-refractivity contribution < 1.29 is 9.53 Å². The zero-order valence-corrected chi connectivity index (χ0v) is 16.1. The highest BCUT2D eigenvalue weighted by Crippen LogP contribution is 2.27. The molecule has 5 nitrogen and oxygen atoms in total. The van der Waals surface area contributed by atoms with Crippen LogP contribution in [-0.2, 0) is 6.54 Å². The molecule has 28 heavy (non-hydrogen) atoms. The van der Waals surface area contributed by atoms with E-state index in [-0.39, 0.29) is 11.9 Å². The van der Waals surface area contributed by atoms with Crippen LogP contribution < -0.4 is 10.1 Å². The molecule has 1 N–H and O–H groups in total. The van der Waals surface area contributed by atoms with E-state index in [0.29, 0.717) is 17.8 Å². The van der Waals surface area contributed by atoms with E-state index in [1.807, 2.05) is 53.3 Å². The molecule has 0 bridgehead atoms. The number of nitrogens with zero attached hydrogens (tertiary/aromatic N) is 2. The van der Waals surface area contributed by atoms with Gasteiger partial charge in [-0.15, -0.1) is 0 Å². The molecule has 5 heteroatoms. The van der Waals surface area contributed by atoms with Gasteiger partial charge in [0.1, 0.15) is 11.4 Å². The van der Waals surface area contributed by atoms with Gasteiger partial charge >= 0.3 is 0 Å². The zero-order chi connectivity index (χ0) is 19.3. The molecule has 1 saturated carbocycles. The number of amides is 1. The molecule has 144 valence electrons. The first kappa shape index (κ1) is 18.3. The van der Waals surface area contributed by atoms with Crippen molar-refractivity contribution in [2.75, 3.05) is 7.11 Å². The lowest BCUT2D eigenvalue weighted by atomic mass is 10.1. The molecule has 3 aromatic rings. The maximum Gasteiger partial charge on any atom is 0.255 e. The molecule has 2 aromatic carbocycles.